The van der Waals surface area contributed by atoms with Crippen molar-refractivity contribution in [3.8, 4) is 5.75 Å². The Kier molecular flexibility index (Phi) is 6.57. The van der Waals surface area contributed by atoms with Crippen molar-refractivity contribution >= 4 is 21.7 Å². The second kappa shape index (κ2) is 9.45. The van der Waals surface area contributed by atoms with Crippen molar-refractivity contribution in [2.45, 2.75) is 75.0 Å². The van der Waals surface area contributed by atoms with Gasteiger partial charge in [0.2, 0.25) is 20.7 Å². The van der Waals surface area contributed by atoms with E-state index in [0.29, 0.717) is 17.4 Å². The van der Waals surface area contributed by atoms with Gasteiger partial charge in [0.15, 0.2) is 0 Å². The summed E-state index contributed by atoms with van der Waals surface area (Å²) in [6.45, 7) is 9.55. The van der Waals surface area contributed by atoms with E-state index in [1.54, 1.807) is 39.4 Å². The molecule has 0 bridgehead atoms. The molecule has 200 valence electrons. The van der Waals surface area contributed by atoms with Crippen LogP contribution in [0.5, 0.6) is 5.75 Å². The number of fused-ring (bicyclic) bond motifs is 1. The first-order chi connectivity index (χ1) is 17.5. The Bertz CT molecular complexity index is 1370. The average molecular weight is 528 g/mol. The lowest BCUT2D eigenvalue weighted by atomic mass is 9.81. The molecule has 2 unspecified atom stereocenters. The Balaban J connectivity index is 1.48. The van der Waals surface area contributed by atoms with E-state index in [1.807, 2.05) is 0 Å². The van der Waals surface area contributed by atoms with Crippen LogP contribution in [0.2, 0.25) is 0 Å². The Hall–Kier alpha value is -2.89. The van der Waals surface area contributed by atoms with Gasteiger partial charge in [0, 0.05) is 31.4 Å². The Labute approximate surface area is 218 Å². The number of benzene rings is 1. The van der Waals surface area contributed by atoms with Crippen LogP contribution in [0.3, 0.4) is 0 Å². The zero-order valence-electron chi connectivity index (χ0n) is 22.1. The third-order valence-electron chi connectivity index (χ3n) is 7.40. The van der Waals surface area contributed by atoms with Gasteiger partial charge in [0.05, 0.1) is 16.5 Å². The van der Waals surface area contributed by atoms with E-state index < -0.39 is 20.9 Å². The summed E-state index contributed by atoms with van der Waals surface area (Å²) in [6, 6.07) is 2.10. The Morgan fingerprint density at radius 1 is 1.30 bits per heavy atom. The van der Waals surface area contributed by atoms with Crippen molar-refractivity contribution in [2.24, 2.45) is 17.8 Å². The topological polar surface area (TPSA) is 136 Å². The second-order valence-corrected chi connectivity index (χ2v) is 13.0. The van der Waals surface area contributed by atoms with Gasteiger partial charge in [0.25, 0.3) is 0 Å². The average Bonchev–Trinajstić information content (AvgIpc) is 3.40. The molecule has 3 aliphatic heterocycles. The third-order valence-corrected chi connectivity index (χ3v) is 9.48. The minimum atomic E-state index is -3.59. The van der Waals surface area contributed by atoms with Gasteiger partial charge in [-0.2, -0.15) is 5.10 Å². The molecule has 0 amide bonds. The van der Waals surface area contributed by atoms with Crippen LogP contribution in [0, 0.1) is 6.92 Å². The summed E-state index contributed by atoms with van der Waals surface area (Å²) in [7, 11) is -1.90. The number of aromatic nitrogens is 2. The summed E-state index contributed by atoms with van der Waals surface area (Å²) in [5.74, 6) is 0.538. The highest BCUT2D eigenvalue weighted by atomic mass is 32.2. The monoisotopic (exact) mass is 527 g/mol. The van der Waals surface area contributed by atoms with Gasteiger partial charge in [-0.1, -0.05) is 0 Å². The summed E-state index contributed by atoms with van der Waals surface area (Å²) < 4.78 is 33.6. The van der Waals surface area contributed by atoms with Crippen molar-refractivity contribution in [1.82, 2.24) is 20.4 Å². The Morgan fingerprint density at radius 3 is 2.73 bits per heavy atom. The minimum absolute atomic E-state index is 0.00180. The number of nitrogens with zero attached hydrogens (tertiary/aromatic N) is 3. The quantitative estimate of drug-likeness (QED) is 0.450. The molecule has 37 heavy (non-hydrogen) atoms. The van der Waals surface area contributed by atoms with Crippen LogP contribution in [0.25, 0.3) is 0 Å². The molecule has 1 aromatic heterocycles. The number of aryl methyl sites for hydroxylation is 2. The molecule has 5 rings (SSSR count). The molecule has 5 N–H and O–H groups in total. The Morgan fingerprint density at radius 2 is 2.03 bits per heavy atom. The van der Waals surface area contributed by atoms with Crippen molar-refractivity contribution < 1.29 is 13.2 Å². The molecule has 2 atom stereocenters. The summed E-state index contributed by atoms with van der Waals surface area (Å²) in [5, 5.41) is 13.5. The molecule has 11 heteroatoms. The molecular weight excluding hydrogens is 490 g/mol. The fraction of sp³-hybridized carbons (Fsp3) is 0.538. The number of hydrogen-bond acceptors (Lipinski definition) is 9. The van der Waals surface area contributed by atoms with Gasteiger partial charge in [-0.25, -0.2) is 13.4 Å². The van der Waals surface area contributed by atoms with Crippen molar-refractivity contribution in [2.75, 3.05) is 18.4 Å². The number of piperidine rings is 1. The number of ether oxygens (including phenoxy) is 1. The third kappa shape index (κ3) is 4.64. The lowest BCUT2D eigenvalue weighted by molar-refractivity contribution is 0.245. The number of hydrogen-bond donors (Lipinski definition) is 4. The first kappa shape index (κ1) is 25.7. The van der Waals surface area contributed by atoms with Crippen LogP contribution in [0.4, 0.5) is 5.69 Å². The predicted octanol–water partition coefficient (Wildman–Crippen LogP) is 2.40. The van der Waals surface area contributed by atoms with Gasteiger partial charge in [0.1, 0.15) is 17.7 Å². The van der Waals surface area contributed by atoms with E-state index >= 15 is 0 Å². The fourth-order valence-electron chi connectivity index (χ4n) is 5.56. The second-order valence-electron chi connectivity index (χ2n) is 10.6. The number of sulfone groups is 1. The molecule has 4 heterocycles. The first-order valence-electron chi connectivity index (χ1n) is 12.9. The fourth-order valence-corrected chi connectivity index (χ4v) is 6.66. The highest BCUT2D eigenvalue weighted by Crippen LogP contribution is 2.45. The summed E-state index contributed by atoms with van der Waals surface area (Å²) in [6.07, 6.45) is 8.11. The SMILES string of the molecule is Cc1cc(C2(N)N=CC=C(Nc3cn(C)nc3S(=O)(=O)C(C)C)N2)c2c(c1C1CCNCC1)CC(C)O2. The summed E-state index contributed by atoms with van der Waals surface area (Å²) in [5.41, 5.74) is 11.9. The molecular formula is C26H37N7O3S. The predicted molar refractivity (Wildman–Crippen MR) is 145 cm³/mol. The van der Waals surface area contributed by atoms with Gasteiger partial charge in [-0.05, 0) is 82.8 Å². The summed E-state index contributed by atoms with van der Waals surface area (Å²) in [4.78, 5) is 4.61. The van der Waals surface area contributed by atoms with Gasteiger partial charge in [-0.15, -0.1) is 0 Å². The largest absolute Gasteiger partial charge is 0.490 e. The maximum Gasteiger partial charge on any atom is 0.213 e. The maximum absolute atomic E-state index is 12.9. The first-order valence-corrected chi connectivity index (χ1v) is 14.5. The van der Waals surface area contributed by atoms with Crippen LogP contribution < -0.4 is 26.4 Å². The maximum atomic E-state index is 12.9. The molecule has 0 saturated carbocycles. The number of anilines is 1. The lowest BCUT2D eigenvalue weighted by Crippen LogP contribution is -2.51. The van der Waals surface area contributed by atoms with Crippen molar-refractivity contribution in [3.63, 3.8) is 0 Å². The molecule has 0 aliphatic carbocycles. The van der Waals surface area contributed by atoms with Crippen molar-refractivity contribution in [1.29, 1.82) is 0 Å². The molecule has 10 nitrogen and oxygen atoms in total. The zero-order valence-corrected chi connectivity index (χ0v) is 22.9. The molecule has 2 aromatic rings. The molecule has 1 fully saturated rings. The van der Waals surface area contributed by atoms with Crippen LogP contribution in [0.15, 0.2) is 34.2 Å². The van der Waals surface area contributed by atoms with E-state index in [-0.39, 0.29) is 11.1 Å². The standard InChI is InChI=1S/C26H37N7O3S/c1-15(2)37(34,35)25-21(14-33(5)32-25)30-22-8-11-29-26(27,31-22)20-12-16(3)23(18-6-9-28-10-7-18)19-13-17(4)36-24(19)20/h8,11-12,14-15,17-18,28,30-31H,6-7,9-10,13,27H2,1-5H3. The zero-order chi connectivity index (χ0) is 26.5. The van der Waals surface area contributed by atoms with E-state index in [0.717, 1.165) is 43.7 Å². The lowest BCUT2D eigenvalue weighted by Gasteiger charge is -2.34. The molecule has 0 radical (unpaired) electrons. The highest BCUT2D eigenvalue weighted by Gasteiger charge is 2.39. The molecule has 3 aliphatic rings. The van der Waals surface area contributed by atoms with Crippen molar-refractivity contribution in [3.05, 3.63) is 46.4 Å². The van der Waals surface area contributed by atoms with Crippen LogP contribution in [-0.2, 0) is 29.1 Å². The number of allylic oxidation sites excluding steroid dienone is 1. The van der Waals surface area contributed by atoms with Gasteiger partial charge < -0.3 is 20.7 Å². The van der Waals surface area contributed by atoms with Gasteiger partial charge in [-0.3, -0.25) is 10.4 Å². The normalized spacial score (nSPS) is 24.0. The van der Waals surface area contributed by atoms with Crippen LogP contribution in [0.1, 0.15) is 61.8 Å². The number of rotatable bonds is 6. The number of nitrogens with one attached hydrogen (secondary N) is 3. The van der Waals surface area contributed by atoms with E-state index in [4.69, 9.17) is 10.5 Å². The van der Waals surface area contributed by atoms with E-state index in [2.05, 4.69) is 46.0 Å². The van der Waals surface area contributed by atoms with Crippen LogP contribution in [-0.4, -0.2) is 48.9 Å². The molecule has 0 spiro atoms. The minimum Gasteiger partial charge on any atom is -0.490 e. The summed E-state index contributed by atoms with van der Waals surface area (Å²) >= 11 is 0. The highest BCUT2D eigenvalue weighted by molar-refractivity contribution is 7.92. The number of nitrogens with two attached hydrogens (primary N) is 1. The van der Waals surface area contributed by atoms with E-state index in [1.165, 1.54) is 21.4 Å². The van der Waals surface area contributed by atoms with Crippen LogP contribution >= 0.6 is 0 Å². The van der Waals surface area contributed by atoms with Gasteiger partial charge >= 0.3 is 0 Å². The molecule has 1 aromatic carbocycles. The smallest absolute Gasteiger partial charge is 0.213 e. The number of aliphatic imine (C=N–C) groups is 1. The van der Waals surface area contributed by atoms with E-state index in [9.17, 15) is 8.42 Å². The molecule has 1 saturated heterocycles.